The first-order valence-corrected chi connectivity index (χ1v) is 7.49. The molecule has 0 saturated heterocycles. The average Bonchev–Trinajstić information content (AvgIpc) is 2.61. The Labute approximate surface area is 134 Å². The summed E-state index contributed by atoms with van der Waals surface area (Å²) in [5.74, 6) is -0.351. The zero-order chi connectivity index (χ0) is 16.1. The number of hydrogen-bond acceptors (Lipinski definition) is 3. The molecular formula is C18H17FN2O2. The first kappa shape index (κ1) is 15.2. The molecule has 1 aromatic carbocycles. The van der Waals surface area contributed by atoms with Gasteiger partial charge in [-0.05, 0) is 29.7 Å². The maximum atomic E-state index is 12.9. The maximum absolute atomic E-state index is 12.9. The van der Waals surface area contributed by atoms with Crippen LogP contribution in [-0.2, 0) is 11.3 Å². The molecule has 5 heteroatoms. The lowest BCUT2D eigenvalue weighted by Crippen LogP contribution is -2.35. The predicted molar refractivity (Wildman–Crippen MR) is 85.0 cm³/mol. The van der Waals surface area contributed by atoms with Crippen molar-refractivity contribution in [3.05, 3.63) is 71.8 Å². The van der Waals surface area contributed by atoms with E-state index in [4.69, 9.17) is 4.74 Å². The Kier molecular flexibility index (Phi) is 4.66. The second-order valence-corrected chi connectivity index (χ2v) is 5.33. The van der Waals surface area contributed by atoms with E-state index in [0.717, 1.165) is 16.8 Å². The van der Waals surface area contributed by atoms with Crippen LogP contribution in [0.1, 0.15) is 17.7 Å². The van der Waals surface area contributed by atoms with Crippen molar-refractivity contribution < 1.29 is 13.9 Å². The molecule has 0 radical (unpaired) electrons. The Hall–Kier alpha value is -2.69. The number of nitrogens with zero attached hydrogens (tertiary/aromatic N) is 2. The summed E-state index contributed by atoms with van der Waals surface area (Å²) < 4.78 is 18.2. The maximum Gasteiger partial charge on any atom is 0.410 e. The van der Waals surface area contributed by atoms with E-state index in [1.807, 2.05) is 36.4 Å². The SMILES string of the molecule is O=C(OCc1ccccc1)N1CC=C(c2ccc(F)cn2)CC1. The third kappa shape index (κ3) is 3.94. The van der Waals surface area contributed by atoms with E-state index < -0.39 is 0 Å². The van der Waals surface area contributed by atoms with Gasteiger partial charge in [-0.3, -0.25) is 4.98 Å². The van der Waals surface area contributed by atoms with Crippen LogP contribution in [0.4, 0.5) is 9.18 Å². The lowest BCUT2D eigenvalue weighted by molar-refractivity contribution is 0.0998. The highest BCUT2D eigenvalue weighted by atomic mass is 19.1. The highest BCUT2D eigenvalue weighted by Gasteiger charge is 2.19. The largest absolute Gasteiger partial charge is 0.445 e. The van der Waals surface area contributed by atoms with Crippen molar-refractivity contribution in [3.8, 4) is 0 Å². The first-order valence-electron chi connectivity index (χ1n) is 7.49. The van der Waals surface area contributed by atoms with Crippen molar-refractivity contribution in [1.29, 1.82) is 0 Å². The minimum atomic E-state index is -0.351. The molecule has 2 aromatic rings. The van der Waals surface area contributed by atoms with Gasteiger partial charge in [0, 0.05) is 13.1 Å². The van der Waals surface area contributed by atoms with Crippen LogP contribution in [0.15, 0.2) is 54.7 Å². The highest BCUT2D eigenvalue weighted by molar-refractivity contribution is 5.71. The van der Waals surface area contributed by atoms with E-state index in [2.05, 4.69) is 4.98 Å². The molecule has 0 atom stereocenters. The monoisotopic (exact) mass is 312 g/mol. The normalized spacial score (nSPS) is 14.3. The molecular weight excluding hydrogens is 295 g/mol. The third-order valence-corrected chi connectivity index (χ3v) is 3.73. The van der Waals surface area contributed by atoms with Crippen LogP contribution in [0.25, 0.3) is 5.57 Å². The molecule has 23 heavy (non-hydrogen) atoms. The summed E-state index contributed by atoms with van der Waals surface area (Å²) in [4.78, 5) is 17.8. The van der Waals surface area contributed by atoms with E-state index in [-0.39, 0.29) is 18.5 Å². The lowest BCUT2D eigenvalue weighted by atomic mass is 10.0. The quantitative estimate of drug-likeness (QED) is 0.869. The molecule has 1 aliphatic rings. The van der Waals surface area contributed by atoms with E-state index >= 15 is 0 Å². The Morgan fingerprint density at radius 3 is 2.70 bits per heavy atom. The molecule has 0 unspecified atom stereocenters. The van der Waals surface area contributed by atoms with Gasteiger partial charge in [0.25, 0.3) is 0 Å². The van der Waals surface area contributed by atoms with E-state index in [1.165, 1.54) is 12.3 Å². The van der Waals surface area contributed by atoms with Crippen molar-refractivity contribution in [2.24, 2.45) is 0 Å². The minimum Gasteiger partial charge on any atom is -0.445 e. The van der Waals surface area contributed by atoms with Crippen molar-refractivity contribution >= 4 is 11.7 Å². The van der Waals surface area contributed by atoms with Crippen LogP contribution >= 0.6 is 0 Å². The van der Waals surface area contributed by atoms with Gasteiger partial charge in [0.15, 0.2) is 0 Å². The molecule has 1 amide bonds. The van der Waals surface area contributed by atoms with Crippen LogP contribution in [0.5, 0.6) is 0 Å². The topological polar surface area (TPSA) is 42.4 Å². The third-order valence-electron chi connectivity index (χ3n) is 3.73. The van der Waals surface area contributed by atoms with E-state index in [1.54, 1.807) is 11.0 Å². The number of carbonyl (C=O) groups is 1. The van der Waals surface area contributed by atoms with Crippen molar-refractivity contribution in [2.45, 2.75) is 13.0 Å². The Balaban J connectivity index is 1.55. The number of carbonyl (C=O) groups excluding carboxylic acids is 1. The fourth-order valence-electron chi connectivity index (χ4n) is 2.44. The lowest BCUT2D eigenvalue weighted by Gasteiger charge is -2.25. The minimum absolute atomic E-state index is 0.270. The molecule has 0 aliphatic carbocycles. The highest BCUT2D eigenvalue weighted by Crippen LogP contribution is 2.21. The van der Waals surface area contributed by atoms with Crippen LogP contribution < -0.4 is 0 Å². The van der Waals surface area contributed by atoms with Gasteiger partial charge in [0.1, 0.15) is 12.4 Å². The standard InChI is InChI=1S/C18H17FN2O2/c19-16-6-7-17(20-12-16)15-8-10-21(11-9-15)18(22)23-13-14-4-2-1-3-5-14/h1-8,12H,9-11,13H2. The summed E-state index contributed by atoms with van der Waals surface area (Å²) in [5, 5.41) is 0. The molecule has 2 heterocycles. The summed E-state index contributed by atoms with van der Waals surface area (Å²) in [6.07, 6.45) is 3.50. The predicted octanol–water partition coefficient (Wildman–Crippen LogP) is 3.65. The summed E-state index contributed by atoms with van der Waals surface area (Å²) >= 11 is 0. The van der Waals surface area contributed by atoms with Crippen molar-refractivity contribution in [2.75, 3.05) is 13.1 Å². The van der Waals surface area contributed by atoms with Gasteiger partial charge in [-0.15, -0.1) is 0 Å². The summed E-state index contributed by atoms with van der Waals surface area (Å²) in [7, 11) is 0. The number of benzene rings is 1. The number of amides is 1. The zero-order valence-corrected chi connectivity index (χ0v) is 12.6. The Bertz CT molecular complexity index is 699. The summed E-state index contributed by atoms with van der Waals surface area (Å²) in [5.41, 5.74) is 2.74. The number of rotatable bonds is 3. The van der Waals surface area contributed by atoms with E-state index in [9.17, 15) is 9.18 Å². The second-order valence-electron chi connectivity index (χ2n) is 5.33. The van der Waals surface area contributed by atoms with Gasteiger partial charge in [0.05, 0.1) is 11.9 Å². The van der Waals surface area contributed by atoms with Gasteiger partial charge < -0.3 is 9.64 Å². The zero-order valence-electron chi connectivity index (χ0n) is 12.6. The Morgan fingerprint density at radius 1 is 1.22 bits per heavy atom. The molecule has 0 N–H and O–H groups in total. The van der Waals surface area contributed by atoms with Crippen molar-refractivity contribution in [1.82, 2.24) is 9.88 Å². The number of pyridine rings is 1. The number of halogens is 1. The molecule has 0 fully saturated rings. The molecule has 0 saturated carbocycles. The average molecular weight is 312 g/mol. The molecule has 0 bridgehead atoms. The Morgan fingerprint density at radius 2 is 2.04 bits per heavy atom. The molecule has 4 nitrogen and oxygen atoms in total. The van der Waals surface area contributed by atoms with Crippen molar-refractivity contribution in [3.63, 3.8) is 0 Å². The summed E-state index contributed by atoms with van der Waals surface area (Å²) in [6.45, 7) is 1.31. The molecule has 118 valence electrons. The van der Waals surface area contributed by atoms with Crippen LogP contribution in [-0.4, -0.2) is 29.1 Å². The fourth-order valence-corrected chi connectivity index (χ4v) is 2.44. The summed E-state index contributed by atoms with van der Waals surface area (Å²) in [6, 6.07) is 12.6. The molecule has 3 rings (SSSR count). The molecule has 1 aliphatic heterocycles. The van der Waals surface area contributed by atoms with Crippen LogP contribution in [0.2, 0.25) is 0 Å². The number of ether oxygens (including phenoxy) is 1. The van der Waals surface area contributed by atoms with Gasteiger partial charge in [-0.25, -0.2) is 9.18 Å². The first-order chi connectivity index (χ1) is 11.2. The second kappa shape index (κ2) is 7.05. The van der Waals surface area contributed by atoms with Crippen LogP contribution in [0.3, 0.4) is 0 Å². The van der Waals surface area contributed by atoms with Crippen LogP contribution in [0, 0.1) is 5.82 Å². The number of aromatic nitrogens is 1. The molecule has 1 aromatic heterocycles. The van der Waals surface area contributed by atoms with E-state index in [0.29, 0.717) is 19.5 Å². The van der Waals surface area contributed by atoms with Gasteiger partial charge in [-0.1, -0.05) is 36.4 Å². The smallest absolute Gasteiger partial charge is 0.410 e. The molecule has 0 spiro atoms. The number of hydrogen-bond donors (Lipinski definition) is 0. The van der Waals surface area contributed by atoms with Gasteiger partial charge in [-0.2, -0.15) is 0 Å². The van der Waals surface area contributed by atoms with Gasteiger partial charge >= 0.3 is 6.09 Å². The fraction of sp³-hybridized carbons (Fsp3) is 0.222. The van der Waals surface area contributed by atoms with Gasteiger partial charge in [0.2, 0.25) is 0 Å².